The number of rotatable bonds is 8. The molecule has 0 radical (unpaired) electrons. The lowest BCUT2D eigenvalue weighted by Gasteiger charge is -2.07. The Morgan fingerprint density at radius 3 is 2.73 bits per heavy atom. The van der Waals surface area contributed by atoms with Crippen molar-refractivity contribution in [3.8, 4) is 17.0 Å². The number of carbonyl (C=O) groups excluding carboxylic acids is 1. The van der Waals surface area contributed by atoms with Crippen LogP contribution in [0.1, 0.15) is 26.2 Å². The van der Waals surface area contributed by atoms with Crippen LogP contribution in [-0.2, 0) is 9.53 Å². The molecule has 0 aliphatic heterocycles. The normalized spacial score (nSPS) is 10.8. The zero-order valence-corrected chi connectivity index (χ0v) is 15.3. The first kappa shape index (κ1) is 18.2. The van der Waals surface area contributed by atoms with Crippen molar-refractivity contribution in [3.05, 3.63) is 47.9 Å². The Hall–Kier alpha value is -2.60. The first-order valence-electron chi connectivity index (χ1n) is 8.56. The molecule has 2 heterocycles. The average molecular weight is 374 g/mol. The standard InChI is InChI=1S/C19H20ClN3O3/c1-2-25-18(24)5-3-4-12-26-16-9-6-14(7-10-16)17-11-8-15-13-21-19(20)22-23(15)17/h6-11,13H,2-5,12H2,1H3. The highest BCUT2D eigenvalue weighted by atomic mass is 35.5. The summed E-state index contributed by atoms with van der Waals surface area (Å²) in [7, 11) is 0. The molecule has 0 aliphatic rings. The fourth-order valence-electron chi connectivity index (χ4n) is 2.62. The summed E-state index contributed by atoms with van der Waals surface area (Å²) in [4.78, 5) is 15.2. The van der Waals surface area contributed by atoms with Gasteiger partial charge in [-0.2, -0.15) is 0 Å². The Morgan fingerprint density at radius 1 is 1.15 bits per heavy atom. The van der Waals surface area contributed by atoms with E-state index in [1.54, 1.807) is 10.7 Å². The van der Waals surface area contributed by atoms with Gasteiger partial charge in [-0.25, -0.2) is 9.50 Å². The first-order chi connectivity index (χ1) is 12.7. The maximum Gasteiger partial charge on any atom is 0.305 e. The van der Waals surface area contributed by atoms with Gasteiger partial charge in [0.15, 0.2) is 0 Å². The van der Waals surface area contributed by atoms with E-state index in [1.165, 1.54) is 0 Å². The fourth-order valence-corrected chi connectivity index (χ4v) is 2.74. The molecule has 0 amide bonds. The molecule has 0 unspecified atom stereocenters. The van der Waals surface area contributed by atoms with Crippen LogP contribution in [-0.4, -0.2) is 33.8 Å². The van der Waals surface area contributed by atoms with Crippen LogP contribution in [0.3, 0.4) is 0 Å². The molecule has 136 valence electrons. The minimum Gasteiger partial charge on any atom is -0.494 e. The highest BCUT2D eigenvalue weighted by molar-refractivity contribution is 6.28. The van der Waals surface area contributed by atoms with Crippen LogP contribution < -0.4 is 4.74 Å². The average Bonchev–Trinajstić information content (AvgIpc) is 3.05. The molecule has 2 aromatic heterocycles. The zero-order valence-electron chi connectivity index (χ0n) is 14.5. The molecule has 3 rings (SSSR count). The van der Waals surface area contributed by atoms with Gasteiger partial charge in [-0.3, -0.25) is 4.79 Å². The summed E-state index contributed by atoms with van der Waals surface area (Å²) < 4.78 is 12.4. The van der Waals surface area contributed by atoms with E-state index in [0.717, 1.165) is 35.4 Å². The number of unbranched alkanes of at least 4 members (excludes halogenated alkanes) is 1. The lowest BCUT2D eigenvalue weighted by molar-refractivity contribution is -0.143. The Bertz CT molecular complexity index is 877. The van der Waals surface area contributed by atoms with E-state index in [1.807, 2.05) is 43.3 Å². The molecule has 0 bridgehead atoms. The van der Waals surface area contributed by atoms with Crippen LogP contribution >= 0.6 is 11.6 Å². The van der Waals surface area contributed by atoms with Gasteiger partial charge in [-0.05, 0) is 67.8 Å². The second-order valence-electron chi connectivity index (χ2n) is 5.72. The maximum absolute atomic E-state index is 11.3. The van der Waals surface area contributed by atoms with Gasteiger partial charge >= 0.3 is 5.97 Å². The number of fused-ring (bicyclic) bond motifs is 1. The van der Waals surface area contributed by atoms with Crippen molar-refractivity contribution in [1.29, 1.82) is 0 Å². The van der Waals surface area contributed by atoms with Crippen molar-refractivity contribution < 1.29 is 14.3 Å². The van der Waals surface area contributed by atoms with E-state index in [-0.39, 0.29) is 11.3 Å². The lowest BCUT2D eigenvalue weighted by Crippen LogP contribution is -2.05. The molecular formula is C19H20ClN3O3. The highest BCUT2D eigenvalue weighted by Gasteiger charge is 2.07. The number of esters is 1. The number of nitrogens with zero attached hydrogens (tertiary/aromatic N) is 3. The third-order valence-electron chi connectivity index (χ3n) is 3.87. The monoisotopic (exact) mass is 373 g/mol. The summed E-state index contributed by atoms with van der Waals surface area (Å²) in [6.07, 6.45) is 3.68. The summed E-state index contributed by atoms with van der Waals surface area (Å²) in [6.45, 7) is 2.80. The van der Waals surface area contributed by atoms with Crippen molar-refractivity contribution in [2.45, 2.75) is 26.2 Å². The van der Waals surface area contributed by atoms with Crippen molar-refractivity contribution in [2.75, 3.05) is 13.2 Å². The van der Waals surface area contributed by atoms with Crippen LogP contribution in [0.15, 0.2) is 42.6 Å². The number of aromatic nitrogens is 3. The first-order valence-corrected chi connectivity index (χ1v) is 8.94. The van der Waals surface area contributed by atoms with Gasteiger partial charge < -0.3 is 9.47 Å². The van der Waals surface area contributed by atoms with Crippen LogP contribution in [0, 0.1) is 0 Å². The molecule has 7 heteroatoms. The van der Waals surface area contributed by atoms with Gasteiger partial charge in [-0.1, -0.05) is 0 Å². The molecule has 0 aliphatic carbocycles. The highest BCUT2D eigenvalue weighted by Crippen LogP contribution is 2.24. The number of halogens is 1. The number of ether oxygens (including phenoxy) is 2. The summed E-state index contributed by atoms with van der Waals surface area (Å²) in [5.74, 6) is 0.638. The predicted molar refractivity (Wildman–Crippen MR) is 99.4 cm³/mol. The second kappa shape index (κ2) is 8.67. The molecule has 0 spiro atoms. The van der Waals surface area contributed by atoms with Crippen LogP contribution in [0.2, 0.25) is 5.28 Å². The van der Waals surface area contributed by atoms with Gasteiger partial charge in [0.1, 0.15) is 5.75 Å². The van der Waals surface area contributed by atoms with Crippen LogP contribution in [0.4, 0.5) is 0 Å². The van der Waals surface area contributed by atoms with Crippen molar-refractivity contribution in [1.82, 2.24) is 14.6 Å². The molecule has 3 aromatic rings. The number of hydrogen-bond donors (Lipinski definition) is 0. The summed E-state index contributed by atoms with van der Waals surface area (Å²) in [5, 5.41) is 4.44. The number of hydrogen-bond acceptors (Lipinski definition) is 5. The van der Waals surface area contributed by atoms with Gasteiger partial charge in [0.25, 0.3) is 0 Å². The van der Waals surface area contributed by atoms with Gasteiger partial charge in [0, 0.05) is 12.0 Å². The van der Waals surface area contributed by atoms with Crippen molar-refractivity contribution in [3.63, 3.8) is 0 Å². The molecule has 26 heavy (non-hydrogen) atoms. The summed E-state index contributed by atoms with van der Waals surface area (Å²) in [6, 6.07) is 11.7. The molecular weight excluding hydrogens is 354 g/mol. The van der Waals surface area contributed by atoms with Crippen molar-refractivity contribution >= 4 is 23.1 Å². The Morgan fingerprint density at radius 2 is 1.96 bits per heavy atom. The van der Waals surface area contributed by atoms with Gasteiger partial charge in [0.05, 0.1) is 30.6 Å². The molecule has 6 nitrogen and oxygen atoms in total. The summed E-state index contributed by atoms with van der Waals surface area (Å²) >= 11 is 5.89. The van der Waals surface area contributed by atoms with E-state index >= 15 is 0 Å². The smallest absolute Gasteiger partial charge is 0.305 e. The van der Waals surface area contributed by atoms with Crippen molar-refractivity contribution in [2.24, 2.45) is 0 Å². The van der Waals surface area contributed by atoms with Gasteiger partial charge in [-0.15, -0.1) is 5.10 Å². The summed E-state index contributed by atoms with van der Waals surface area (Å²) in [5.41, 5.74) is 2.83. The minimum atomic E-state index is -0.153. The van der Waals surface area contributed by atoms with Crippen LogP contribution in [0.5, 0.6) is 5.75 Å². The van der Waals surface area contributed by atoms with Crippen LogP contribution in [0.25, 0.3) is 16.8 Å². The number of carbonyl (C=O) groups is 1. The quantitative estimate of drug-likeness (QED) is 0.438. The molecule has 1 aromatic carbocycles. The van der Waals surface area contributed by atoms with Gasteiger partial charge in [0.2, 0.25) is 5.28 Å². The third-order valence-corrected chi connectivity index (χ3v) is 4.04. The topological polar surface area (TPSA) is 65.7 Å². The van der Waals surface area contributed by atoms with E-state index in [2.05, 4.69) is 10.1 Å². The van der Waals surface area contributed by atoms with E-state index in [0.29, 0.717) is 19.6 Å². The lowest BCUT2D eigenvalue weighted by atomic mass is 10.1. The molecule has 0 saturated heterocycles. The second-order valence-corrected chi connectivity index (χ2v) is 6.06. The molecule has 0 atom stereocenters. The largest absolute Gasteiger partial charge is 0.494 e. The Balaban J connectivity index is 1.55. The zero-order chi connectivity index (χ0) is 18.4. The SMILES string of the molecule is CCOC(=O)CCCCOc1ccc(-c2ccc3cnc(Cl)nn23)cc1. The minimum absolute atomic E-state index is 0.153. The van der Waals surface area contributed by atoms with E-state index in [4.69, 9.17) is 21.1 Å². The Kier molecular flexibility index (Phi) is 6.07. The van der Waals surface area contributed by atoms with E-state index in [9.17, 15) is 4.79 Å². The molecule has 0 fully saturated rings. The van der Waals surface area contributed by atoms with E-state index < -0.39 is 0 Å². The molecule has 0 saturated carbocycles. The fraction of sp³-hybridized carbons (Fsp3) is 0.316. The maximum atomic E-state index is 11.3. The predicted octanol–water partition coefficient (Wildman–Crippen LogP) is 4.16. The number of benzene rings is 1. The third kappa shape index (κ3) is 4.52. The Labute approximate surface area is 156 Å². The molecule has 0 N–H and O–H groups in total.